The van der Waals surface area contributed by atoms with Gasteiger partial charge in [0.1, 0.15) is 18.5 Å². The Morgan fingerprint density at radius 3 is 2.57 bits per heavy atom. The Balaban J connectivity index is 1.86. The summed E-state index contributed by atoms with van der Waals surface area (Å²) in [7, 11) is 0. The van der Waals surface area contributed by atoms with Gasteiger partial charge in [0.15, 0.2) is 0 Å². The van der Waals surface area contributed by atoms with Gasteiger partial charge >= 0.3 is 0 Å². The number of aryl methyl sites for hydroxylation is 2. The molecule has 2 rings (SSSR count). The van der Waals surface area contributed by atoms with Crippen molar-refractivity contribution in [2.24, 2.45) is 0 Å². The van der Waals surface area contributed by atoms with Crippen molar-refractivity contribution in [3.05, 3.63) is 29.3 Å². The summed E-state index contributed by atoms with van der Waals surface area (Å²) >= 11 is 0. The van der Waals surface area contributed by atoms with Gasteiger partial charge in [-0.25, -0.2) is 0 Å². The molecule has 1 fully saturated rings. The molecule has 1 aromatic rings. The van der Waals surface area contributed by atoms with Crippen LogP contribution in [0.5, 0.6) is 5.75 Å². The van der Waals surface area contributed by atoms with Gasteiger partial charge in [-0.05, 0) is 57.7 Å². The average molecular weight is 291 g/mol. The van der Waals surface area contributed by atoms with E-state index in [2.05, 4.69) is 37.8 Å². The van der Waals surface area contributed by atoms with Gasteiger partial charge < -0.3 is 9.84 Å². The van der Waals surface area contributed by atoms with Crippen LogP contribution < -0.4 is 4.74 Å². The van der Waals surface area contributed by atoms with Gasteiger partial charge in [-0.1, -0.05) is 18.6 Å². The third-order valence-corrected chi connectivity index (χ3v) is 4.57. The number of nitrogens with zero attached hydrogens (tertiary/aromatic N) is 1. The molecule has 0 spiro atoms. The van der Waals surface area contributed by atoms with E-state index in [4.69, 9.17) is 4.74 Å². The molecule has 1 N–H and O–H groups in total. The number of benzene rings is 1. The lowest BCUT2D eigenvalue weighted by Gasteiger charge is -2.40. The van der Waals surface area contributed by atoms with Gasteiger partial charge in [-0.2, -0.15) is 0 Å². The van der Waals surface area contributed by atoms with Crippen LogP contribution in [0.25, 0.3) is 0 Å². The first-order valence-electron chi connectivity index (χ1n) is 8.11. The second-order valence-electron chi connectivity index (χ2n) is 6.56. The molecule has 0 saturated carbocycles. The van der Waals surface area contributed by atoms with Crippen LogP contribution in [0.1, 0.15) is 44.2 Å². The maximum Gasteiger partial charge on any atom is 0.122 e. The fraction of sp³-hybridized carbons (Fsp3) is 0.667. The Labute approximate surface area is 128 Å². The highest BCUT2D eigenvalue weighted by Gasteiger charge is 2.26. The van der Waals surface area contributed by atoms with E-state index in [1.54, 1.807) is 0 Å². The number of piperidine rings is 1. The maximum atomic E-state index is 10.3. The molecule has 0 bridgehead atoms. The number of likely N-dealkylation sites (tertiary alicyclic amines) is 1. The fourth-order valence-electron chi connectivity index (χ4n) is 3.18. The van der Waals surface area contributed by atoms with E-state index in [0.717, 1.165) is 11.3 Å². The topological polar surface area (TPSA) is 32.7 Å². The lowest BCUT2D eigenvalue weighted by Crippen LogP contribution is -2.48. The van der Waals surface area contributed by atoms with Crippen molar-refractivity contribution in [2.45, 2.75) is 65.1 Å². The lowest BCUT2D eigenvalue weighted by molar-refractivity contribution is 0.0207. The summed E-state index contributed by atoms with van der Waals surface area (Å²) in [6.07, 6.45) is 3.32. The predicted molar refractivity (Wildman–Crippen MR) is 86.9 cm³/mol. The smallest absolute Gasteiger partial charge is 0.122 e. The molecule has 0 aliphatic carbocycles. The monoisotopic (exact) mass is 291 g/mol. The first-order valence-corrected chi connectivity index (χ1v) is 8.11. The second-order valence-corrected chi connectivity index (χ2v) is 6.56. The van der Waals surface area contributed by atoms with Gasteiger partial charge in [0.25, 0.3) is 0 Å². The Hall–Kier alpha value is -1.06. The van der Waals surface area contributed by atoms with Crippen molar-refractivity contribution in [3.8, 4) is 5.75 Å². The van der Waals surface area contributed by atoms with Crippen molar-refractivity contribution >= 4 is 0 Å². The van der Waals surface area contributed by atoms with Gasteiger partial charge in [0.2, 0.25) is 0 Å². The van der Waals surface area contributed by atoms with E-state index in [9.17, 15) is 5.11 Å². The predicted octanol–water partition coefficient (Wildman–Crippen LogP) is 3.31. The average Bonchev–Trinajstić information content (AvgIpc) is 2.44. The number of ether oxygens (including phenoxy) is 1. The molecular weight excluding hydrogens is 262 g/mol. The molecule has 1 saturated heterocycles. The molecule has 0 amide bonds. The molecule has 0 radical (unpaired) electrons. The molecule has 0 aromatic heterocycles. The molecule has 1 aliphatic heterocycles. The maximum absolute atomic E-state index is 10.3. The number of hydrogen-bond acceptors (Lipinski definition) is 3. The minimum absolute atomic E-state index is 0.361. The highest BCUT2D eigenvalue weighted by Crippen LogP contribution is 2.23. The van der Waals surface area contributed by atoms with Crippen molar-refractivity contribution in [2.75, 3.05) is 13.2 Å². The van der Waals surface area contributed by atoms with E-state index in [-0.39, 0.29) is 0 Å². The molecule has 1 aromatic carbocycles. The summed E-state index contributed by atoms with van der Waals surface area (Å²) in [6.45, 7) is 9.67. The van der Waals surface area contributed by atoms with E-state index < -0.39 is 6.10 Å². The van der Waals surface area contributed by atoms with E-state index in [0.29, 0.717) is 25.2 Å². The van der Waals surface area contributed by atoms with Crippen LogP contribution in [0.15, 0.2) is 18.2 Å². The molecule has 118 valence electrons. The summed E-state index contributed by atoms with van der Waals surface area (Å²) in [5.41, 5.74) is 2.30. The van der Waals surface area contributed by atoms with Crippen LogP contribution >= 0.6 is 0 Å². The zero-order valence-electron chi connectivity index (χ0n) is 13.8. The Kier molecular flexibility index (Phi) is 5.65. The van der Waals surface area contributed by atoms with E-state index in [1.807, 2.05) is 13.0 Å². The van der Waals surface area contributed by atoms with Crippen LogP contribution in [-0.4, -0.2) is 41.3 Å². The van der Waals surface area contributed by atoms with Crippen LogP contribution in [-0.2, 0) is 0 Å². The Morgan fingerprint density at radius 2 is 1.90 bits per heavy atom. The third-order valence-electron chi connectivity index (χ3n) is 4.57. The van der Waals surface area contributed by atoms with Gasteiger partial charge in [-0.15, -0.1) is 0 Å². The molecule has 1 aliphatic rings. The third kappa shape index (κ3) is 4.45. The molecule has 3 heteroatoms. The summed E-state index contributed by atoms with van der Waals surface area (Å²) < 4.78 is 5.81. The Bertz CT molecular complexity index is 451. The lowest BCUT2D eigenvalue weighted by atomic mass is 9.97. The van der Waals surface area contributed by atoms with Crippen LogP contribution in [0.2, 0.25) is 0 Å². The second kappa shape index (κ2) is 7.28. The van der Waals surface area contributed by atoms with E-state index >= 15 is 0 Å². The summed E-state index contributed by atoms with van der Waals surface area (Å²) in [5.74, 6) is 0.883. The highest BCUT2D eigenvalue weighted by molar-refractivity contribution is 5.35. The largest absolute Gasteiger partial charge is 0.491 e. The zero-order valence-corrected chi connectivity index (χ0v) is 13.8. The molecule has 3 atom stereocenters. The summed E-state index contributed by atoms with van der Waals surface area (Å²) in [5, 5.41) is 10.3. The SMILES string of the molecule is Cc1ccc(C)c(OC[C@@H](O)CN2[C@@H](C)CCC[C@@H]2C)c1. The first-order chi connectivity index (χ1) is 9.97. The van der Waals surface area contributed by atoms with Crippen LogP contribution in [0, 0.1) is 13.8 Å². The summed E-state index contributed by atoms with van der Waals surface area (Å²) in [6, 6.07) is 7.30. The van der Waals surface area contributed by atoms with Gasteiger partial charge in [-0.3, -0.25) is 4.90 Å². The fourth-order valence-corrected chi connectivity index (χ4v) is 3.18. The van der Waals surface area contributed by atoms with Gasteiger partial charge in [0, 0.05) is 18.6 Å². The van der Waals surface area contributed by atoms with Crippen molar-refractivity contribution in [1.82, 2.24) is 4.90 Å². The van der Waals surface area contributed by atoms with Crippen molar-refractivity contribution in [1.29, 1.82) is 0 Å². The first kappa shape index (κ1) is 16.3. The zero-order chi connectivity index (χ0) is 15.4. The number of aliphatic hydroxyl groups excluding tert-OH is 1. The number of aliphatic hydroxyl groups is 1. The minimum Gasteiger partial charge on any atom is -0.491 e. The quantitative estimate of drug-likeness (QED) is 0.903. The molecule has 3 nitrogen and oxygen atoms in total. The van der Waals surface area contributed by atoms with Crippen LogP contribution in [0.3, 0.4) is 0 Å². The molecule has 0 unspecified atom stereocenters. The number of hydrogen-bond donors (Lipinski definition) is 1. The van der Waals surface area contributed by atoms with E-state index in [1.165, 1.54) is 24.8 Å². The van der Waals surface area contributed by atoms with Crippen LogP contribution in [0.4, 0.5) is 0 Å². The Morgan fingerprint density at radius 1 is 1.24 bits per heavy atom. The van der Waals surface area contributed by atoms with Gasteiger partial charge in [0.05, 0.1) is 0 Å². The number of rotatable bonds is 5. The minimum atomic E-state index is -0.437. The normalized spacial score (nSPS) is 24.8. The van der Waals surface area contributed by atoms with Crippen molar-refractivity contribution in [3.63, 3.8) is 0 Å². The molecular formula is C18H29NO2. The van der Waals surface area contributed by atoms with Crippen molar-refractivity contribution < 1.29 is 9.84 Å². The number of β-amino-alcohol motifs (C(OH)–C–C–N with tert-alkyl or cyclic N) is 1. The standard InChI is InChI=1S/C18H29NO2/c1-13-8-9-14(2)18(10-13)21-12-17(20)11-19-15(3)6-5-7-16(19)4/h8-10,15-17,20H,5-7,11-12H2,1-4H3/t15-,16-,17-/m0/s1. The summed E-state index contributed by atoms with van der Waals surface area (Å²) in [4.78, 5) is 2.42. The molecule has 21 heavy (non-hydrogen) atoms. The molecule has 1 heterocycles. The highest BCUT2D eigenvalue weighted by atomic mass is 16.5.